The van der Waals surface area contributed by atoms with Gasteiger partial charge in [-0.25, -0.2) is 4.98 Å². The highest BCUT2D eigenvalue weighted by Crippen LogP contribution is 2.26. The molecule has 2 rings (SSSR count). The zero-order valence-electron chi connectivity index (χ0n) is 10.3. The molecule has 1 saturated heterocycles. The molecule has 0 aromatic carbocycles. The van der Waals surface area contributed by atoms with Gasteiger partial charge in [-0.15, -0.1) is 11.3 Å². The van der Waals surface area contributed by atoms with E-state index in [1.165, 1.54) is 11.3 Å². The van der Waals surface area contributed by atoms with E-state index < -0.39 is 0 Å². The molecule has 1 aromatic rings. The number of thiazole rings is 1. The van der Waals surface area contributed by atoms with Crippen LogP contribution in [0.4, 0.5) is 0 Å². The van der Waals surface area contributed by atoms with Gasteiger partial charge >= 0.3 is 0 Å². The monoisotopic (exact) mass is 254 g/mol. The van der Waals surface area contributed by atoms with E-state index in [4.69, 9.17) is 4.74 Å². The predicted octanol–water partition coefficient (Wildman–Crippen LogP) is 2.13. The summed E-state index contributed by atoms with van der Waals surface area (Å²) in [6.45, 7) is 7.49. The lowest BCUT2D eigenvalue weighted by atomic mass is 10.2. The maximum absolute atomic E-state index is 11.2. The summed E-state index contributed by atoms with van der Waals surface area (Å²) in [5.41, 5.74) is 0. The molecule has 17 heavy (non-hydrogen) atoms. The standard InChI is InChI=1S/C12H18N2O2S/c1-3-4-14-5-6-16-10(8-14)12-13-7-11(17-12)9(2)15/h7,10H,3-6,8H2,1-2H3. The summed E-state index contributed by atoms with van der Waals surface area (Å²) in [4.78, 5) is 18.6. The Morgan fingerprint density at radius 1 is 1.71 bits per heavy atom. The van der Waals surface area contributed by atoms with Crippen LogP contribution in [0.5, 0.6) is 0 Å². The summed E-state index contributed by atoms with van der Waals surface area (Å²) in [5.74, 6) is 0.0787. The van der Waals surface area contributed by atoms with Crippen LogP contribution in [0.15, 0.2) is 6.20 Å². The zero-order valence-corrected chi connectivity index (χ0v) is 11.1. The molecule has 0 amide bonds. The topological polar surface area (TPSA) is 42.4 Å². The van der Waals surface area contributed by atoms with E-state index in [-0.39, 0.29) is 11.9 Å². The maximum atomic E-state index is 11.2. The number of nitrogens with zero attached hydrogens (tertiary/aromatic N) is 2. The highest BCUT2D eigenvalue weighted by Gasteiger charge is 2.24. The van der Waals surface area contributed by atoms with E-state index in [0.717, 1.165) is 42.5 Å². The Balaban J connectivity index is 2.02. The van der Waals surface area contributed by atoms with Gasteiger partial charge in [0.25, 0.3) is 0 Å². The number of Topliss-reactive ketones (excluding diaryl/α,β-unsaturated/α-hetero) is 1. The van der Waals surface area contributed by atoms with Crippen LogP contribution in [0.25, 0.3) is 0 Å². The summed E-state index contributed by atoms with van der Waals surface area (Å²) in [6, 6.07) is 0. The largest absolute Gasteiger partial charge is 0.368 e. The van der Waals surface area contributed by atoms with Crippen molar-refractivity contribution in [2.45, 2.75) is 26.4 Å². The van der Waals surface area contributed by atoms with E-state index in [1.54, 1.807) is 13.1 Å². The van der Waals surface area contributed by atoms with Gasteiger partial charge in [0, 0.05) is 26.2 Å². The van der Waals surface area contributed by atoms with Crippen molar-refractivity contribution in [1.82, 2.24) is 9.88 Å². The average molecular weight is 254 g/mol. The Morgan fingerprint density at radius 2 is 2.53 bits per heavy atom. The predicted molar refractivity (Wildman–Crippen MR) is 67.5 cm³/mol. The fraction of sp³-hybridized carbons (Fsp3) is 0.667. The Hall–Kier alpha value is -0.780. The molecule has 4 nitrogen and oxygen atoms in total. The second-order valence-corrected chi connectivity index (χ2v) is 5.34. The molecule has 1 atom stereocenters. The first kappa shape index (κ1) is 12.7. The second kappa shape index (κ2) is 5.71. The van der Waals surface area contributed by atoms with Gasteiger partial charge in [0.05, 0.1) is 11.5 Å². The quantitative estimate of drug-likeness (QED) is 0.772. The molecule has 0 aliphatic carbocycles. The molecule has 1 unspecified atom stereocenters. The van der Waals surface area contributed by atoms with Gasteiger partial charge in [0.1, 0.15) is 11.1 Å². The number of rotatable bonds is 4. The lowest BCUT2D eigenvalue weighted by molar-refractivity contribution is -0.0299. The summed E-state index contributed by atoms with van der Waals surface area (Å²) < 4.78 is 5.73. The van der Waals surface area contributed by atoms with Crippen LogP contribution in [-0.2, 0) is 4.74 Å². The van der Waals surface area contributed by atoms with Crippen LogP contribution >= 0.6 is 11.3 Å². The van der Waals surface area contributed by atoms with Gasteiger partial charge in [-0.05, 0) is 13.0 Å². The third-order valence-electron chi connectivity index (χ3n) is 2.84. The first-order valence-corrected chi connectivity index (χ1v) is 6.83. The van der Waals surface area contributed by atoms with Gasteiger partial charge in [0.15, 0.2) is 5.78 Å². The van der Waals surface area contributed by atoms with Crippen molar-refractivity contribution in [1.29, 1.82) is 0 Å². The first-order valence-electron chi connectivity index (χ1n) is 6.01. The van der Waals surface area contributed by atoms with Gasteiger partial charge < -0.3 is 4.74 Å². The molecule has 0 N–H and O–H groups in total. The molecule has 1 aliphatic rings. The van der Waals surface area contributed by atoms with Crippen molar-refractivity contribution in [2.75, 3.05) is 26.2 Å². The number of morpholine rings is 1. The number of ether oxygens (including phenoxy) is 1. The minimum atomic E-state index is 0.0356. The van der Waals surface area contributed by atoms with Crippen LogP contribution in [0.1, 0.15) is 41.1 Å². The van der Waals surface area contributed by atoms with E-state index >= 15 is 0 Å². The van der Waals surface area contributed by atoms with E-state index in [9.17, 15) is 4.79 Å². The molecule has 1 aromatic heterocycles. The normalized spacial score (nSPS) is 21.6. The van der Waals surface area contributed by atoms with Gasteiger partial charge in [-0.3, -0.25) is 9.69 Å². The molecular weight excluding hydrogens is 236 g/mol. The molecule has 0 bridgehead atoms. The minimum Gasteiger partial charge on any atom is -0.368 e. The molecule has 0 radical (unpaired) electrons. The Morgan fingerprint density at radius 3 is 3.18 bits per heavy atom. The molecule has 1 fully saturated rings. The fourth-order valence-corrected chi connectivity index (χ4v) is 2.82. The lowest BCUT2D eigenvalue weighted by Crippen LogP contribution is -2.38. The van der Waals surface area contributed by atoms with Crippen molar-refractivity contribution in [3.05, 3.63) is 16.1 Å². The maximum Gasteiger partial charge on any atom is 0.171 e. The van der Waals surface area contributed by atoms with Crippen molar-refractivity contribution in [3.8, 4) is 0 Å². The minimum absolute atomic E-state index is 0.0356. The van der Waals surface area contributed by atoms with E-state index in [0.29, 0.717) is 0 Å². The van der Waals surface area contributed by atoms with Crippen LogP contribution in [0.2, 0.25) is 0 Å². The lowest BCUT2D eigenvalue weighted by Gasteiger charge is -2.31. The SMILES string of the molecule is CCCN1CCOC(c2ncc(C(C)=O)s2)C1. The highest BCUT2D eigenvalue weighted by molar-refractivity contribution is 7.13. The Labute approximate surface area is 106 Å². The Kier molecular flexibility index (Phi) is 4.25. The van der Waals surface area contributed by atoms with Crippen molar-refractivity contribution >= 4 is 17.1 Å². The fourth-order valence-electron chi connectivity index (χ4n) is 1.97. The average Bonchev–Trinajstić information content (AvgIpc) is 2.79. The summed E-state index contributed by atoms with van der Waals surface area (Å²) in [6.07, 6.45) is 2.85. The van der Waals surface area contributed by atoms with Gasteiger partial charge in [-0.1, -0.05) is 6.92 Å². The molecule has 0 spiro atoms. The molecule has 2 heterocycles. The van der Waals surface area contributed by atoms with Crippen LogP contribution < -0.4 is 0 Å². The highest BCUT2D eigenvalue weighted by atomic mass is 32.1. The van der Waals surface area contributed by atoms with Crippen molar-refractivity contribution < 1.29 is 9.53 Å². The van der Waals surface area contributed by atoms with Gasteiger partial charge in [0.2, 0.25) is 0 Å². The molecule has 94 valence electrons. The first-order chi connectivity index (χ1) is 8.20. The van der Waals surface area contributed by atoms with Crippen LogP contribution in [-0.4, -0.2) is 41.9 Å². The number of ketones is 1. The summed E-state index contributed by atoms with van der Waals surface area (Å²) >= 11 is 1.46. The zero-order chi connectivity index (χ0) is 12.3. The number of aromatic nitrogens is 1. The third-order valence-corrected chi connectivity index (χ3v) is 4.03. The summed E-state index contributed by atoms with van der Waals surface area (Å²) in [5, 5.41) is 0.927. The van der Waals surface area contributed by atoms with Crippen molar-refractivity contribution in [3.63, 3.8) is 0 Å². The molecule has 5 heteroatoms. The smallest absolute Gasteiger partial charge is 0.171 e. The number of carbonyl (C=O) groups excluding carboxylic acids is 1. The number of carbonyl (C=O) groups is 1. The van der Waals surface area contributed by atoms with Crippen LogP contribution in [0, 0.1) is 0 Å². The molecule has 0 saturated carbocycles. The van der Waals surface area contributed by atoms with Crippen LogP contribution in [0.3, 0.4) is 0 Å². The number of hydrogen-bond donors (Lipinski definition) is 0. The summed E-state index contributed by atoms with van der Waals surface area (Å²) in [7, 11) is 0. The van der Waals surface area contributed by atoms with Gasteiger partial charge in [-0.2, -0.15) is 0 Å². The third kappa shape index (κ3) is 3.12. The van der Waals surface area contributed by atoms with Crippen molar-refractivity contribution in [2.24, 2.45) is 0 Å². The van der Waals surface area contributed by atoms with E-state index in [2.05, 4.69) is 16.8 Å². The number of hydrogen-bond acceptors (Lipinski definition) is 5. The second-order valence-electron chi connectivity index (χ2n) is 4.28. The molecule has 1 aliphatic heterocycles. The Bertz CT molecular complexity index is 390. The molecular formula is C12H18N2O2S. The van der Waals surface area contributed by atoms with E-state index in [1.807, 2.05) is 0 Å².